The minimum atomic E-state index is -0.858. The first kappa shape index (κ1) is 76.0. The second-order valence-corrected chi connectivity index (χ2v) is 21.3. The van der Waals surface area contributed by atoms with Gasteiger partial charge in [0.1, 0.15) is 13.2 Å². The van der Waals surface area contributed by atoms with Crippen LogP contribution in [0.1, 0.15) is 278 Å². The SMILES string of the molecule is CC/C=C\C/C=C\C/C=C\C/C=C\C/C=C\C/C=C\CCC(=O)OCC(COC(=O)CCCCCCCCCCCCCCC/C=C\CCCCCCCCCC)OC(=O)CC/C=C\C/C=C\C/C=C\C/C=C\C/C=C\C/C=C\CC. The molecule has 0 bridgehead atoms. The van der Waals surface area contributed by atoms with Crippen molar-refractivity contribution in [3.63, 3.8) is 0 Å². The zero-order valence-corrected chi connectivity index (χ0v) is 52.2. The Bertz CT molecular complexity index is 1810. The number of carbonyl (C=O) groups excluding carboxylic acids is 3. The molecule has 6 nitrogen and oxygen atoms in total. The lowest BCUT2D eigenvalue weighted by molar-refractivity contribution is -0.166. The molecule has 0 aromatic rings. The minimum absolute atomic E-state index is 0.137. The average Bonchev–Trinajstić information content (AvgIpc) is 3.47. The number of allylic oxidation sites excluding steroid dienone is 26. The fourth-order valence-electron chi connectivity index (χ4n) is 8.67. The molecule has 0 aliphatic rings. The molecule has 0 heterocycles. The molecular formula is C75H120O6. The third-order valence-electron chi connectivity index (χ3n) is 13.5. The molecule has 456 valence electrons. The van der Waals surface area contributed by atoms with Gasteiger partial charge in [-0.15, -0.1) is 0 Å². The number of ether oxygens (including phenoxy) is 3. The summed E-state index contributed by atoms with van der Waals surface area (Å²) in [7, 11) is 0. The van der Waals surface area contributed by atoms with E-state index in [-0.39, 0.29) is 38.0 Å². The van der Waals surface area contributed by atoms with E-state index in [1.807, 2.05) is 24.3 Å². The van der Waals surface area contributed by atoms with Crippen molar-refractivity contribution in [2.24, 2.45) is 0 Å². The molecule has 81 heavy (non-hydrogen) atoms. The summed E-state index contributed by atoms with van der Waals surface area (Å²) in [6.07, 6.45) is 98.6. The summed E-state index contributed by atoms with van der Waals surface area (Å²) >= 11 is 0. The zero-order chi connectivity index (χ0) is 58.5. The number of unbranched alkanes of at least 4 members (excludes halogenated alkanes) is 21. The van der Waals surface area contributed by atoms with Gasteiger partial charge in [-0.3, -0.25) is 14.4 Å². The van der Waals surface area contributed by atoms with E-state index in [2.05, 4.69) is 154 Å². The van der Waals surface area contributed by atoms with Crippen LogP contribution in [0.25, 0.3) is 0 Å². The topological polar surface area (TPSA) is 78.9 Å². The Morgan fingerprint density at radius 3 is 0.827 bits per heavy atom. The molecule has 0 aromatic heterocycles. The molecule has 6 heteroatoms. The van der Waals surface area contributed by atoms with Crippen LogP contribution in [0.5, 0.6) is 0 Å². The Morgan fingerprint density at radius 1 is 0.259 bits per heavy atom. The van der Waals surface area contributed by atoms with Gasteiger partial charge in [-0.2, -0.15) is 0 Å². The van der Waals surface area contributed by atoms with E-state index in [1.165, 1.54) is 128 Å². The molecule has 0 fully saturated rings. The minimum Gasteiger partial charge on any atom is -0.462 e. The fraction of sp³-hybridized carbons (Fsp3) is 0.613. The van der Waals surface area contributed by atoms with Crippen LogP contribution in [0.4, 0.5) is 0 Å². The van der Waals surface area contributed by atoms with Crippen LogP contribution in [0.2, 0.25) is 0 Å². The van der Waals surface area contributed by atoms with E-state index in [4.69, 9.17) is 14.2 Å². The highest BCUT2D eigenvalue weighted by atomic mass is 16.6. The molecule has 0 radical (unpaired) electrons. The van der Waals surface area contributed by atoms with Gasteiger partial charge >= 0.3 is 17.9 Å². The van der Waals surface area contributed by atoms with E-state index in [1.54, 1.807) is 0 Å². The van der Waals surface area contributed by atoms with Gasteiger partial charge in [-0.25, -0.2) is 0 Å². The van der Waals surface area contributed by atoms with Crippen molar-refractivity contribution < 1.29 is 28.6 Å². The third-order valence-corrected chi connectivity index (χ3v) is 13.5. The van der Waals surface area contributed by atoms with Crippen LogP contribution in [0.15, 0.2) is 158 Å². The van der Waals surface area contributed by atoms with Crippen LogP contribution in [0, 0.1) is 0 Å². The fourth-order valence-corrected chi connectivity index (χ4v) is 8.67. The standard InChI is InChI=1S/C75H120O6/c1-4-7-10-13-16-19-22-25-28-31-34-35-36-37-38-39-42-44-47-50-53-56-59-62-65-68-74(77)80-71-72(81-75(78)69-66-63-60-57-54-51-48-45-41-33-30-27-24-21-18-15-12-9-6-3)70-79-73(76)67-64-61-58-55-52-49-46-43-40-32-29-26-23-20-17-14-11-8-5-2/h8-9,11-12,17-18,20-21,26-27,29-31,34,40-41,43,45,49,51-52,54,58,60-61,63,72H,4-7,10,13-16,19,22-25,28,32-33,35-39,42,44,46-48,50,53,55-57,59,62,64-71H2,1-3H3/b11-8-,12-9-,20-17-,21-18-,29-26-,30-27-,34-31-,43-40-,45-41-,52-49-,54-51-,61-58-,63-60-. The van der Waals surface area contributed by atoms with Crippen molar-refractivity contribution in [1.82, 2.24) is 0 Å². The van der Waals surface area contributed by atoms with E-state index in [9.17, 15) is 14.4 Å². The van der Waals surface area contributed by atoms with Gasteiger partial charge in [0.25, 0.3) is 0 Å². The second-order valence-electron chi connectivity index (χ2n) is 21.3. The molecular weight excluding hydrogens is 997 g/mol. The largest absolute Gasteiger partial charge is 0.462 e. The van der Waals surface area contributed by atoms with E-state index < -0.39 is 12.1 Å². The molecule has 1 unspecified atom stereocenters. The smallest absolute Gasteiger partial charge is 0.306 e. The molecule has 0 amide bonds. The van der Waals surface area contributed by atoms with Gasteiger partial charge in [0.2, 0.25) is 0 Å². The lowest BCUT2D eigenvalue weighted by atomic mass is 10.0. The first-order chi connectivity index (χ1) is 40.0. The van der Waals surface area contributed by atoms with Crippen molar-refractivity contribution >= 4 is 17.9 Å². The Morgan fingerprint density at radius 2 is 0.506 bits per heavy atom. The maximum atomic E-state index is 12.9. The predicted octanol–water partition coefficient (Wildman–Crippen LogP) is 22.9. The highest BCUT2D eigenvalue weighted by Gasteiger charge is 2.19. The quantitative estimate of drug-likeness (QED) is 0.0261. The van der Waals surface area contributed by atoms with Gasteiger partial charge in [0, 0.05) is 19.3 Å². The molecule has 0 aliphatic heterocycles. The molecule has 0 saturated carbocycles. The molecule has 0 saturated heterocycles. The summed E-state index contributed by atoms with van der Waals surface area (Å²) in [6.45, 7) is 6.29. The summed E-state index contributed by atoms with van der Waals surface area (Å²) < 4.78 is 16.8. The highest BCUT2D eigenvalue weighted by molar-refractivity contribution is 5.71. The maximum Gasteiger partial charge on any atom is 0.306 e. The maximum absolute atomic E-state index is 12.9. The normalized spacial score (nSPS) is 13.2. The lowest BCUT2D eigenvalue weighted by Crippen LogP contribution is -2.30. The zero-order valence-electron chi connectivity index (χ0n) is 52.2. The first-order valence-electron chi connectivity index (χ1n) is 33.0. The summed E-state index contributed by atoms with van der Waals surface area (Å²) in [5.41, 5.74) is 0. The van der Waals surface area contributed by atoms with E-state index >= 15 is 0 Å². The average molecular weight is 1120 g/mol. The molecule has 0 spiro atoms. The van der Waals surface area contributed by atoms with Gasteiger partial charge in [0.15, 0.2) is 6.10 Å². The molecule has 0 aliphatic carbocycles. The molecule has 0 N–H and O–H groups in total. The Kier molecular flexibility index (Phi) is 63.4. The van der Waals surface area contributed by atoms with Crippen molar-refractivity contribution in [3.8, 4) is 0 Å². The van der Waals surface area contributed by atoms with Gasteiger partial charge in [0.05, 0.1) is 0 Å². The number of hydrogen-bond acceptors (Lipinski definition) is 6. The Balaban J connectivity index is 4.54. The highest BCUT2D eigenvalue weighted by Crippen LogP contribution is 2.15. The molecule has 0 rings (SSSR count). The number of esters is 3. The van der Waals surface area contributed by atoms with Crippen LogP contribution in [-0.2, 0) is 28.6 Å². The van der Waals surface area contributed by atoms with Crippen molar-refractivity contribution in [2.45, 2.75) is 284 Å². The van der Waals surface area contributed by atoms with Gasteiger partial charge < -0.3 is 14.2 Å². The van der Waals surface area contributed by atoms with Crippen LogP contribution < -0.4 is 0 Å². The van der Waals surface area contributed by atoms with Gasteiger partial charge in [-0.1, -0.05) is 294 Å². The van der Waals surface area contributed by atoms with Crippen LogP contribution in [0.3, 0.4) is 0 Å². The Hall–Kier alpha value is -4.97. The van der Waals surface area contributed by atoms with Crippen molar-refractivity contribution in [3.05, 3.63) is 158 Å². The summed E-state index contributed by atoms with van der Waals surface area (Å²) in [5.74, 6) is -1.11. The number of rotatable bonds is 58. The number of carbonyl (C=O) groups is 3. The van der Waals surface area contributed by atoms with E-state index in [0.717, 1.165) is 96.3 Å². The molecule has 0 aromatic carbocycles. The lowest BCUT2D eigenvalue weighted by Gasteiger charge is -2.18. The van der Waals surface area contributed by atoms with Crippen LogP contribution >= 0.6 is 0 Å². The van der Waals surface area contributed by atoms with Crippen LogP contribution in [-0.4, -0.2) is 37.2 Å². The summed E-state index contributed by atoms with van der Waals surface area (Å²) in [5, 5.41) is 0. The third kappa shape index (κ3) is 65.7. The van der Waals surface area contributed by atoms with E-state index in [0.29, 0.717) is 19.3 Å². The Labute approximate surface area is 499 Å². The van der Waals surface area contributed by atoms with Crippen molar-refractivity contribution in [1.29, 1.82) is 0 Å². The first-order valence-corrected chi connectivity index (χ1v) is 33.0. The molecule has 1 atom stereocenters. The van der Waals surface area contributed by atoms with Gasteiger partial charge in [-0.05, 0) is 122 Å². The second kappa shape index (κ2) is 67.5. The summed E-state index contributed by atoms with van der Waals surface area (Å²) in [6, 6.07) is 0. The predicted molar refractivity (Wildman–Crippen MR) is 352 cm³/mol. The number of hydrogen-bond donors (Lipinski definition) is 0. The monoisotopic (exact) mass is 1120 g/mol. The summed E-state index contributed by atoms with van der Waals surface area (Å²) in [4.78, 5) is 38.3. The van der Waals surface area contributed by atoms with Crippen molar-refractivity contribution in [2.75, 3.05) is 13.2 Å².